The molecule has 2 N–H and O–H groups in total. The quantitative estimate of drug-likeness (QED) is 0.0977. The van der Waals surface area contributed by atoms with Gasteiger partial charge in [0, 0.05) is 18.1 Å². The van der Waals surface area contributed by atoms with E-state index in [0.717, 1.165) is 15.5 Å². The van der Waals surface area contributed by atoms with Crippen molar-refractivity contribution in [3.05, 3.63) is 129 Å². The highest BCUT2D eigenvalue weighted by atomic mass is 16.6. The zero-order valence-corrected chi connectivity index (χ0v) is 29.6. The largest absolute Gasteiger partial charge is 0.502 e. The van der Waals surface area contributed by atoms with Gasteiger partial charge in [-0.1, -0.05) is 65.7 Å². The molecule has 0 aromatic heterocycles. The minimum Gasteiger partial charge on any atom is -0.502 e. The Balaban J connectivity index is 1.34. The number of nitro benzene ring substituents is 1. The molecule has 0 spiro atoms. The number of aromatic hydroxyl groups is 1. The number of carbonyl (C=O) groups is 4. The fourth-order valence-electron chi connectivity index (χ4n) is 9.20. The van der Waals surface area contributed by atoms with Crippen LogP contribution >= 0.6 is 0 Å². The number of imide groups is 2. The molecule has 1 saturated carbocycles. The predicted molar refractivity (Wildman–Crippen MR) is 196 cm³/mol. The first-order chi connectivity index (χ1) is 26.0. The Morgan fingerprint density at radius 3 is 2.19 bits per heavy atom. The molecule has 4 aromatic carbocycles. The Morgan fingerprint density at radius 1 is 0.852 bits per heavy atom. The average Bonchev–Trinajstić information content (AvgIpc) is 3.56. The number of hydrogen-bond donors (Lipinski definition) is 2. The second kappa shape index (κ2) is 12.9. The SMILES string of the molecule is COc1cc([C@H]2C3=CC[C@@H]4C(=O)N(c5cccc([N+](=O)[O-])c5)C(=O)[C@@H]4[C@@H]3C[C@H]3C(=O)N(Nc4ccc(C)cc4)C(=O)[C@@]23c2ccccc2)cc(OC)c1O. The lowest BCUT2D eigenvalue weighted by atomic mass is 9.49. The van der Waals surface area contributed by atoms with Gasteiger partial charge in [-0.15, -0.1) is 0 Å². The normalized spacial score (nSPS) is 25.8. The first-order valence-electron chi connectivity index (χ1n) is 17.6. The first-order valence-corrected chi connectivity index (χ1v) is 17.6. The van der Waals surface area contributed by atoms with Crippen molar-refractivity contribution in [2.45, 2.75) is 31.1 Å². The van der Waals surface area contributed by atoms with Crippen LogP contribution in [0.4, 0.5) is 17.1 Å². The Bertz CT molecular complexity index is 2250. The monoisotopic (exact) mass is 728 g/mol. The number of benzene rings is 4. The summed E-state index contributed by atoms with van der Waals surface area (Å²) in [5.74, 6) is -6.43. The van der Waals surface area contributed by atoms with Gasteiger partial charge in [0.1, 0.15) is 0 Å². The van der Waals surface area contributed by atoms with Gasteiger partial charge in [-0.25, -0.2) is 4.90 Å². The Labute approximate surface area is 309 Å². The third-order valence-electron chi connectivity index (χ3n) is 11.5. The van der Waals surface area contributed by atoms with E-state index in [1.165, 1.54) is 38.5 Å². The summed E-state index contributed by atoms with van der Waals surface area (Å²) in [6.45, 7) is 1.93. The van der Waals surface area contributed by atoms with Crippen LogP contribution in [0.3, 0.4) is 0 Å². The Hall–Kier alpha value is -6.50. The average molecular weight is 729 g/mol. The molecule has 0 unspecified atom stereocenters. The number of methoxy groups -OCH3 is 2. The number of aryl methyl sites for hydroxylation is 1. The van der Waals surface area contributed by atoms with Crippen LogP contribution in [0.25, 0.3) is 0 Å². The first kappa shape index (κ1) is 34.6. The van der Waals surface area contributed by atoms with Crippen LogP contribution in [0, 0.1) is 40.7 Å². The maximum atomic E-state index is 15.4. The minimum absolute atomic E-state index is 0.0587. The summed E-state index contributed by atoms with van der Waals surface area (Å²) >= 11 is 0. The van der Waals surface area contributed by atoms with Crippen LogP contribution in [-0.4, -0.2) is 52.9 Å². The summed E-state index contributed by atoms with van der Waals surface area (Å²) in [7, 11) is 2.79. The number of phenolic OH excluding ortho intramolecular Hbond substituents is 1. The van der Waals surface area contributed by atoms with Gasteiger partial charge in [0.25, 0.3) is 17.5 Å². The number of carbonyl (C=O) groups excluding carboxylic acids is 4. The number of fused-ring (bicyclic) bond motifs is 4. The number of non-ortho nitro benzene ring substituents is 1. The molecule has 13 heteroatoms. The number of rotatable bonds is 8. The van der Waals surface area contributed by atoms with E-state index in [4.69, 9.17) is 9.47 Å². The zero-order valence-electron chi connectivity index (χ0n) is 29.6. The number of phenols is 1. The highest BCUT2D eigenvalue weighted by Gasteiger charge is 2.70. The van der Waals surface area contributed by atoms with Gasteiger partial charge in [-0.2, -0.15) is 5.01 Å². The van der Waals surface area contributed by atoms with E-state index in [-0.39, 0.29) is 41.5 Å². The molecule has 2 saturated heterocycles. The molecule has 2 aliphatic carbocycles. The van der Waals surface area contributed by atoms with Crippen molar-refractivity contribution in [1.82, 2.24) is 5.01 Å². The summed E-state index contributed by atoms with van der Waals surface area (Å²) < 4.78 is 11.2. The second-order valence-electron chi connectivity index (χ2n) is 14.2. The van der Waals surface area contributed by atoms with E-state index >= 15 is 4.79 Å². The van der Waals surface area contributed by atoms with Crippen LogP contribution in [0.15, 0.2) is 103 Å². The molecule has 8 rings (SSSR count). The number of amides is 4. The maximum absolute atomic E-state index is 15.4. The van der Waals surface area contributed by atoms with Crippen molar-refractivity contribution in [2.75, 3.05) is 24.5 Å². The highest BCUT2D eigenvalue weighted by molar-refractivity contribution is 6.22. The smallest absolute Gasteiger partial charge is 0.271 e. The summed E-state index contributed by atoms with van der Waals surface area (Å²) in [5, 5.41) is 23.7. The molecule has 4 amide bonds. The van der Waals surface area contributed by atoms with Crippen molar-refractivity contribution < 1.29 is 38.7 Å². The third kappa shape index (κ3) is 4.98. The number of nitrogens with one attached hydrogen (secondary N) is 1. The van der Waals surface area contributed by atoms with Crippen molar-refractivity contribution in [1.29, 1.82) is 0 Å². The van der Waals surface area contributed by atoms with Crippen LogP contribution in [0.5, 0.6) is 17.2 Å². The van der Waals surface area contributed by atoms with Crippen LogP contribution in [0.2, 0.25) is 0 Å². The van der Waals surface area contributed by atoms with Crippen molar-refractivity contribution in [3.8, 4) is 17.2 Å². The molecule has 4 aliphatic rings. The Kier molecular flexibility index (Phi) is 8.24. The number of nitro groups is 1. The second-order valence-corrected chi connectivity index (χ2v) is 14.2. The van der Waals surface area contributed by atoms with E-state index in [2.05, 4.69) is 5.43 Å². The molecule has 3 fully saturated rings. The van der Waals surface area contributed by atoms with Crippen molar-refractivity contribution in [3.63, 3.8) is 0 Å². The molecular formula is C41H36N4O9. The number of hydrogen-bond acceptors (Lipinski definition) is 10. The molecule has 274 valence electrons. The van der Waals surface area contributed by atoms with Crippen LogP contribution in [-0.2, 0) is 24.6 Å². The van der Waals surface area contributed by atoms with Gasteiger partial charge in [0.15, 0.2) is 11.5 Å². The van der Waals surface area contributed by atoms with Gasteiger partial charge >= 0.3 is 0 Å². The number of nitrogens with zero attached hydrogens (tertiary/aromatic N) is 3. The molecule has 13 nitrogen and oxygen atoms in total. The number of ether oxygens (including phenoxy) is 2. The molecular weight excluding hydrogens is 692 g/mol. The molecule has 2 heterocycles. The molecule has 2 aliphatic heterocycles. The van der Waals surface area contributed by atoms with E-state index in [0.29, 0.717) is 22.4 Å². The number of allylic oxidation sites excluding steroid dienone is 2. The maximum Gasteiger partial charge on any atom is 0.271 e. The summed E-state index contributed by atoms with van der Waals surface area (Å²) in [6, 6.07) is 25.0. The fourth-order valence-corrected chi connectivity index (χ4v) is 9.20. The lowest BCUT2D eigenvalue weighted by Crippen LogP contribution is -2.53. The lowest BCUT2D eigenvalue weighted by molar-refractivity contribution is -0.384. The van der Waals surface area contributed by atoms with Gasteiger partial charge in [-0.3, -0.25) is 34.7 Å². The molecule has 0 radical (unpaired) electrons. The predicted octanol–water partition coefficient (Wildman–Crippen LogP) is 5.82. The van der Waals surface area contributed by atoms with Crippen LogP contribution < -0.4 is 19.8 Å². The molecule has 54 heavy (non-hydrogen) atoms. The molecule has 6 atom stereocenters. The highest BCUT2D eigenvalue weighted by Crippen LogP contribution is 2.65. The van der Waals surface area contributed by atoms with Gasteiger partial charge in [0.2, 0.25) is 17.6 Å². The van der Waals surface area contributed by atoms with Gasteiger partial charge < -0.3 is 14.6 Å². The topological polar surface area (TPSA) is 169 Å². The third-order valence-corrected chi connectivity index (χ3v) is 11.5. The van der Waals surface area contributed by atoms with E-state index in [9.17, 15) is 29.6 Å². The summed E-state index contributed by atoms with van der Waals surface area (Å²) in [5.41, 5.74) is 4.62. The fraction of sp³-hybridized carbons (Fsp3) is 0.268. The van der Waals surface area contributed by atoms with Crippen molar-refractivity contribution in [2.24, 2.45) is 23.7 Å². The summed E-state index contributed by atoms with van der Waals surface area (Å²) in [6.07, 6.45) is 2.11. The van der Waals surface area contributed by atoms with E-state index in [1.54, 1.807) is 36.4 Å². The van der Waals surface area contributed by atoms with Gasteiger partial charge in [-0.05, 0) is 67.1 Å². The van der Waals surface area contributed by atoms with Crippen LogP contribution in [0.1, 0.15) is 35.4 Å². The lowest BCUT2D eigenvalue weighted by Gasteiger charge is -2.50. The zero-order chi connectivity index (χ0) is 38.1. The number of hydrazine groups is 1. The Morgan fingerprint density at radius 2 is 1.54 bits per heavy atom. The van der Waals surface area contributed by atoms with Crippen molar-refractivity contribution >= 4 is 40.7 Å². The minimum atomic E-state index is -1.55. The summed E-state index contributed by atoms with van der Waals surface area (Å²) in [4.78, 5) is 70.9. The van der Waals surface area contributed by atoms with Gasteiger partial charge in [0.05, 0.1) is 53.7 Å². The standard InChI is InChI=1S/C41H36N4O9/c1-22-12-14-25(15-13-22)42-44-38(48)31-21-30-28(16-17-29-34(30)39(49)43(37(29)47)26-10-7-11-27(20-26)45(51)52)35(23-18-32(53-2)36(46)33(19-23)54-3)41(31,40(44)50)24-8-5-4-6-9-24/h4-16,18-20,29-31,34-35,42,46H,17,21H2,1-3H3/t29-,30+,31-,34-,35-,41+/m0/s1. The van der Waals surface area contributed by atoms with E-state index < -0.39 is 63.6 Å². The molecule has 4 aromatic rings. The number of anilines is 2. The van der Waals surface area contributed by atoms with E-state index in [1.807, 2.05) is 43.3 Å². The molecule has 0 bridgehead atoms.